The van der Waals surface area contributed by atoms with Gasteiger partial charge in [0.15, 0.2) is 42.8 Å². The summed E-state index contributed by atoms with van der Waals surface area (Å²) in [5, 5.41) is 0. The second-order valence-electron chi connectivity index (χ2n) is 11.4. The molecule has 0 bridgehead atoms. The van der Waals surface area contributed by atoms with Crippen molar-refractivity contribution < 1.29 is 57.4 Å². The molecule has 0 fully saturated rings. The molecule has 6 aromatic rings. The van der Waals surface area contributed by atoms with Crippen LogP contribution in [0.4, 0.5) is 31.1 Å². The van der Waals surface area contributed by atoms with Crippen molar-refractivity contribution in [2.45, 2.75) is 36.0 Å². The Labute approximate surface area is 300 Å². The van der Waals surface area contributed by atoms with E-state index in [9.17, 15) is 48.0 Å². The van der Waals surface area contributed by atoms with Gasteiger partial charge in [0.05, 0.1) is 58.4 Å². The Hall–Kier alpha value is -5.71. The van der Waals surface area contributed by atoms with Crippen molar-refractivity contribution in [1.29, 1.82) is 0 Å². The van der Waals surface area contributed by atoms with E-state index in [0.29, 0.717) is 12.1 Å². The first kappa shape index (κ1) is 38.0. The number of alkyl halides is 6. The molecule has 0 atom stereocenters. The largest absolute Gasteiger partial charge is 0.519 e. The summed E-state index contributed by atoms with van der Waals surface area (Å²) in [5.41, 5.74) is -3.00. The summed E-state index contributed by atoms with van der Waals surface area (Å²) >= 11 is 0. The average Bonchev–Trinajstić information content (AvgIpc) is 3.62. The highest BCUT2D eigenvalue weighted by atomic mass is 32.2. The second-order valence-corrected chi connectivity index (χ2v) is 15.9. The second kappa shape index (κ2) is 13.3. The minimum Gasteiger partial charge on any atom is -0.393 e. The molecule has 0 saturated heterocycles. The predicted molar refractivity (Wildman–Crippen MR) is 176 cm³/mol. The fourth-order valence-corrected chi connectivity index (χ4v) is 7.30. The molecule has 15 nitrogen and oxygen atoms in total. The predicted octanol–water partition coefficient (Wildman–Crippen LogP) is 5.58. The maximum absolute atomic E-state index is 13.3. The van der Waals surface area contributed by atoms with E-state index < -0.39 is 82.4 Å². The molecule has 0 amide bonds. The third kappa shape index (κ3) is 7.02. The number of aryl methyl sites for hydroxylation is 2. The van der Waals surface area contributed by atoms with Gasteiger partial charge in [0.25, 0.3) is 0 Å². The van der Waals surface area contributed by atoms with Crippen molar-refractivity contribution in [1.82, 2.24) is 39.0 Å². The van der Waals surface area contributed by atoms with Crippen molar-refractivity contribution in [3.05, 3.63) is 60.4 Å². The van der Waals surface area contributed by atoms with E-state index in [1.807, 2.05) is 0 Å². The first-order valence-corrected chi connectivity index (χ1v) is 18.6. The van der Waals surface area contributed by atoms with Crippen LogP contribution in [0.5, 0.6) is 11.5 Å². The van der Waals surface area contributed by atoms with Gasteiger partial charge >= 0.3 is 18.5 Å². The maximum Gasteiger partial charge on any atom is 0.519 e. The lowest BCUT2D eigenvalue weighted by Crippen LogP contribution is -2.16. The minimum absolute atomic E-state index is 0.136. The summed E-state index contributed by atoms with van der Waals surface area (Å²) in [6, 6.07) is 3.25. The number of hydrogen-bond acceptors (Lipinski definition) is 13. The van der Waals surface area contributed by atoms with E-state index in [1.54, 1.807) is 0 Å². The molecular formula is C31H24F6N8O7S2. The third-order valence-electron chi connectivity index (χ3n) is 8.03. The van der Waals surface area contributed by atoms with Gasteiger partial charge in [-0.1, -0.05) is 13.8 Å². The molecule has 6 heterocycles. The van der Waals surface area contributed by atoms with Gasteiger partial charge in [0.2, 0.25) is 0 Å². The molecule has 284 valence electrons. The monoisotopic (exact) mass is 798 g/mol. The van der Waals surface area contributed by atoms with E-state index in [0.717, 1.165) is 36.9 Å². The first-order valence-electron chi connectivity index (χ1n) is 15.3. The Morgan fingerprint density at radius 3 is 1.33 bits per heavy atom. The molecule has 23 heteroatoms. The van der Waals surface area contributed by atoms with E-state index >= 15 is 0 Å². The summed E-state index contributed by atoms with van der Waals surface area (Å²) in [5.74, 6) is -2.10. The normalized spacial score (nSPS) is 12.8. The highest BCUT2D eigenvalue weighted by Gasteiger charge is 2.35. The number of imidazole rings is 2. The van der Waals surface area contributed by atoms with Crippen LogP contribution in [-0.2, 0) is 46.1 Å². The van der Waals surface area contributed by atoms with Crippen LogP contribution in [-0.4, -0.2) is 73.5 Å². The summed E-state index contributed by atoms with van der Waals surface area (Å²) in [7, 11) is -5.47. The molecule has 0 aromatic carbocycles. The lowest BCUT2D eigenvalue weighted by molar-refractivity contribution is -0.141. The molecule has 0 N–H and O–H groups in total. The molecule has 6 rings (SSSR count). The summed E-state index contributed by atoms with van der Waals surface area (Å²) in [4.78, 5) is 35.2. The fourth-order valence-electron chi connectivity index (χ4n) is 5.21. The number of carbonyl (C=O) groups excluding carboxylic acids is 1. The summed E-state index contributed by atoms with van der Waals surface area (Å²) in [6.45, 7) is 2.64. The van der Waals surface area contributed by atoms with Crippen molar-refractivity contribution >= 4 is 47.9 Å². The maximum atomic E-state index is 13.3. The van der Waals surface area contributed by atoms with E-state index in [2.05, 4.69) is 29.9 Å². The van der Waals surface area contributed by atoms with E-state index in [4.69, 9.17) is 9.47 Å². The number of halogens is 6. The minimum atomic E-state index is -4.77. The van der Waals surface area contributed by atoms with Gasteiger partial charge in [0.1, 0.15) is 32.6 Å². The molecule has 6 aromatic heterocycles. The Morgan fingerprint density at radius 1 is 0.630 bits per heavy atom. The fraction of sp³-hybridized carbons (Fsp3) is 0.258. The zero-order valence-corrected chi connectivity index (χ0v) is 29.7. The molecule has 0 unspecified atom stereocenters. The summed E-state index contributed by atoms with van der Waals surface area (Å²) in [6.07, 6.45) is -7.29. The molecule has 0 radical (unpaired) electrons. The number of carbonyl (C=O) groups is 1. The van der Waals surface area contributed by atoms with Gasteiger partial charge in [-0.05, 0) is 12.1 Å². The van der Waals surface area contributed by atoms with Gasteiger partial charge in [-0.3, -0.25) is 0 Å². The van der Waals surface area contributed by atoms with Crippen molar-refractivity contribution in [3.8, 4) is 34.5 Å². The van der Waals surface area contributed by atoms with E-state index in [1.165, 1.54) is 37.1 Å². The van der Waals surface area contributed by atoms with Crippen molar-refractivity contribution in [3.63, 3.8) is 0 Å². The van der Waals surface area contributed by atoms with Crippen LogP contribution < -0.4 is 9.47 Å². The third-order valence-corrected chi connectivity index (χ3v) is 11.5. The standard InChI is InChI=1S/C31H24F6N8O7S2/c1-5-53(47,48)21-7-15(11-40-25(21)27-42-17-9-23(30(32,33)34)38-13-19(17)44(27)3)51-29(46)52-16-8-22(54(49,50)6-2)26(41-12-16)28-43-18-10-24(31(35,36)37)39-14-20(18)45(28)4/h7-14H,5-6H2,1-4H3. The number of sulfone groups is 2. The number of nitrogens with zero attached hydrogens (tertiary/aromatic N) is 8. The summed E-state index contributed by atoms with van der Waals surface area (Å²) < 4.78 is 145. The van der Waals surface area contributed by atoms with Crippen LogP contribution in [0, 0.1) is 0 Å². The van der Waals surface area contributed by atoms with Gasteiger partial charge in [-0.2, -0.15) is 26.3 Å². The molecule has 0 saturated carbocycles. The number of pyridine rings is 4. The zero-order chi connectivity index (χ0) is 39.5. The Morgan fingerprint density at radius 2 is 1.00 bits per heavy atom. The molecule has 0 aliphatic rings. The lowest BCUT2D eigenvalue weighted by Gasteiger charge is -2.12. The smallest absolute Gasteiger partial charge is 0.393 e. The van der Waals surface area contributed by atoms with Gasteiger partial charge in [-0.25, -0.2) is 51.5 Å². The zero-order valence-electron chi connectivity index (χ0n) is 28.1. The quantitative estimate of drug-likeness (QED) is 0.137. The molecule has 54 heavy (non-hydrogen) atoms. The van der Waals surface area contributed by atoms with Crippen LogP contribution in [0.15, 0.2) is 58.8 Å². The number of rotatable bonds is 8. The number of aromatic nitrogens is 8. The highest BCUT2D eigenvalue weighted by molar-refractivity contribution is 7.91. The van der Waals surface area contributed by atoms with Crippen LogP contribution in [0.1, 0.15) is 25.2 Å². The Balaban J connectivity index is 1.33. The Kier molecular flexibility index (Phi) is 9.37. The first-order chi connectivity index (χ1) is 25.1. The van der Waals surface area contributed by atoms with Crippen molar-refractivity contribution in [2.24, 2.45) is 14.1 Å². The molecule has 0 spiro atoms. The van der Waals surface area contributed by atoms with Gasteiger partial charge in [-0.15, -0.1) is 0 Å². The number of fused-ring (bicyclic) bond motifs is 2. The number of ether oxygens (including phenoxy) is 2. The van der Waals surface area contributed by atoms with Crippen molar-refractivity contribution in [2.75, 3.05) is 11.5 Å². The highest BCUT2D eigenvalue weighted by Crippen LogP contribution is 2.35. The van der Waals surface area contributed by atoms with E-state index in [-0.39, 0.29) is 45.1 Å². The topological polar surface area (TPSA) is 191 Å². The average molecular weight is 799 g/mol. The van der Waals surface area contributed by atoms with Gasteiger partial charge < -0.3 is 18.6 Å². The molecular weight excluding hydrogens is 775 g/mol. The lowest BCUT2D eigenvalue weighted by atomic mass is 10.3. The van der Waals surface area contributed by atoms with Crippen LogP contribution in [0.2, 0.25) is 0 Å². The molecule has 0 aliphatic heterocycles. The van der Waals surface area contributed by atoms with Gasteiger partial charge in [0, 0.05) is 26.2 Å². The Bertz CT molecular complexity index is 2530. The number of hydrogen-bond donors (Lipinski definition) is 0. The van der Waals surface area contributed by atoms with Crippen LogP contribution in [0.3, 0.4) is 0 Å². The molecule has 0 aliphatic carbocycles. The van der Waals surface area contributed by atoms with Crippen LogP contribution in [0.25, 0.3) is 45.1 Å². The van der Waals surface area contributed by atoms with Crippen LogP contribution >= 0.6 is 0 Å². The SMILES string of the molecule is CCS(=O)(=O)c1cc(OC(=O)Oc2cnc(-c3nc4cc(C(F)(F)F)ncc4n3C)c(S(=O)(=O)CC)c2)cnc1-c1nc2cc(C(F)(F)F)ncc2n1C.